The van der Waals surface area contributed by atoms with E-state index in [0.717, 1.165) is 29.0 Å². The number of allylic oxidation sites excluding steroid dienone is 6. The van der Waals surface area contributed by atoms with Crippen molar-refractivity contribution in [1.82, 2.24) is 30.5 Å². The molecule has 103 heavy (non-hydrogen) atoms. The summed E-state index contributed by atoms with van der Waals surface area (Å²) in [5.74, 6) is 4.43. The van der Waals surface area contributed by atoms with Crippen LogP contribution in [-0.4, -0.2) is 191 Å². The zero-order valence-corrected chi connectivity index (χ0v) is 60.4. The number of aromatic nitrogens is 3. The van der Waals surface area contributed by atoms with E-state index in [4.69, 9.17) is 43.5 Å². The largest absolute Gasteiger partial charge is 0.748 e. The Kier molecular flexibility index (Phi) is 29.2. The maximum absolute atomic E-state index is 13.1. The minimum atomic E-state index is -5.85. The lowest BCUT2D eigenvalue weighted by atomic mass is 9.83. The lowest BCUT2D eigenvalue weighted by molar-refractivity contribution is -0.515. The second kappa shape index (κ2) is 36.4. The molecule has 7 atom stereocenters. The minimum Gasteiger partial charge on any atom is -0.748 e. The maximum Gasteiger partial charge on any atom is 0.490 e. The zero-order valence-electron chi connectivity index (χ0n) is 56.1. The van der Waals surface area contributed by atoms with Crippen LogP contribution in [0.4, 0.5) is 5.69 Å². The van der Waals surface area contributed by atoms with E-state index < -0.39 is 123 Å². The van der Waals surface area contributed by atoms with Crippen molar-refractivity contribution >= 4 is 84.6 Å². The number of phosphoric ester groups is 1. The smallest absolute Gasteiger partial charge is 0.490 e. The van der Waals surface area contributed by atoms with Gasteiger partial charge in [0.1, 0.15) is 70.8 Å². The van der Waals surface area contributed by atoms with Gasteiger partial charge in [0.2, 0.25) is 11.8 Å². The highest BCUT2D eigenvalue weighted by molar-refractivity contribution is 8.19. The molecule has 0 radical (unpaired) electrons. The number of nitrogens with one attached hydrogen (secondary N) is 4. The van der Waals surface area contributed by atoms with Crippen molar-refractivity contribution in [3.05, 3.63) is 139 Å². The fourth-order valence-corrected chi connectivity index (χ4v) is 16.2. The van der Waals surface area contributed by atoms with Crippen molar-refractivity contribution in [1.29, 1.82) is 0 Å². The van der Waals surface area contributed by atoms with E-state index in [1.54, 1.807) is 56.3 Å². The van der Waals surface area contributed by atoms with E-state index in [0.29, 0.717) is 32.4 Å². The van der Waals surface area contributed by atoms with Crippen molar-refractivity contribution in [2.24, 2.45) is 15.6 Å². The summed E-state index contributed by atoms with van der Waals surface area (Å²) < 4.78 is 146. The molecule has 4 aromatic rings. The third-order valence-corrected chi connectivity index (χ3v) is 22.3. The predicted molar refractivity (Wildman–Crippen MR) is 368 cm³/mol. The molecule has 3 amide bonds. The lowest BCUT2D eigenvalue weighted by Gasteiger charge is -2.27. The molecular formula is C59H79N14O25P3S2. The van der Waals surface area contributed by atoms with E-state index in [1.165, 1.54) is 22.9 Å². The van der Waals surface area contributed by atoms with Gasteiger partial charge in [-0.15, -0.1) is 0 Å². The number of nitrogens with zero attached hydrogens (tertiary/aromatic N) is 10. The van der Waals surface area contributed by atoms with Crippen LogP contribution in [0, 0.1) is 17.3 Å². The molecule has 0 bridgehead atoms. The molecule has 3 aliphatic heterocycles. The van der Waals surface area contributed by atoms with Gasteiger partial charge in [-0.05, 0) is 92.7 Å². The summed E-state index contributed by atoms with van der Waals surface area (Å²) in [6.07, 6.45) is 8.96. The van der Waals surface area contributed by atoms with Crippen LogP contribution in [0.2, 0.25) is 0 Å². The quantitative estimate of drug-likeness (QED) is 0.00265. The highest BCUT2D eigenvalue weighted by Gasteiger charge is 2.50. The second-order valence-corrected chi connectivity index (χ2v) is 31.5. The number of H-pyrrole nitrogens is 1. The molecular weight excluding hydrogens is 1460 g/mol. The van der Waals surface area contributed by atoms with Crippen molar-refractivity contribution in [2.75, 3.05) is 83.9 Å². The molecule has 7 rings (SSSR count). The van der Waals surface area contributed by atoms with Crippen LogP contribution in [-0.2, 0) is 70.9 Å². The summed E-state index contributed by atoms with van der Waals surface area (Å²) in [5.41, 5.74) is 19.3. The van der Waals surface area contributed by atoms with Crippen molar-refractivity contribution in [3.63, 3.8) is 0 Å². The number of aromatic amines is 1. The van der Waals surface area contributed by atoms with Gasteiger partial charge in [-0.25, -0.2) is 31.7 Å². The number of fused-ring (bicyclic) bond motifs is 2. The number of anilines is 1. The van der Waals surface area contributed by atoms with Crippen LogP contribution in [0.15, 0.2) is 111 Å². The SMILES string of the molecule is CC[N+]1=C(/C=C/C=C/C=C2/N(CCCCCC(=O)NCCNC(=O)c3cccc(OCC(N=[N+]=[N-])OCCOCC(=O)NCC#Cc4cn(C5CC(OCN=[N+]=[N-])C(COP(=O)(O)OP(=O)(O)OP(=O)(O)O)O5)c5nc[nH]c(=O)c45)c3)c3ccc(S(O)(O)O)cc3C2(C)C)C(C)(C)C(S(=O)(=O)[O-])C1. The third kappa shape index (κ3) is 23.7. The van der Waals surface area contributed by atoms with E-state index in [1.807, 2.05) is 43.6 Å². The average molecular weight is 1540 g/mol. The average Bonchev–Trinajstić information content (AvgIpc) is 1.60. The fraction of sp³-hybridized carbons (Fsp3) is 0.492. The molecule has 0 aliphatic carbocycles. The number of hydrogen-bond donors (Lipinski definition) is 11. The Morgan fingerprint density at radius 2 is 1.72 bits per heavy atom. The molecule has 5 heterocycles. The van der Waals surface area contributed by atoms with E-state index >= 15 is 0 Å². The third-order valence-electron chi connectivity index (χ3n) is 16.2. The molecule has 562 valence electrons. The maximum atomic E-state index is 13.1. The highest BCUT2D eigenvalue weighted by atomic mass is 32.3. The van der Waals surface area contributed by atoms with Gasteiger partial charge in [0.05, 0.1) is 60.1 Å². The van der Waals surface area contributed by atoms with Gasteiger partial charge in [-0.1, -0.05) is 66.6 Å². The molecule has 0 saturated carbocycles. The Labute approximate surface area is 591 Å². The van der Waals surface area contributed by atoms with Crippen LogP contribution in [0.3, 0.4) is 0 Å². The number of unbranched alkanes of at least 4 members (excludes halogenated alkanes) is 2. The van der Waals surface area contributed by atoms with Gasteiger partial charge in [0, 0.05) is 76.9 Å². The topological polar surface area (TPSA) is 566 Å². The molecule has 1 saturated heterocycles. The summed E-state index contributed by atoms with van der Waals surface area (Å²) in [5, 5.41) is 13.8. The minimum absolute atomic E-state index is 0.0167. The normalized spacial score (nSPS) is 20.0. The second-order valence-electron chi connectivity index (χ2n) is 24.0. The van der Waals surface area contributed by atoms with Gasteiger partial charge >= 0.3 is 23.5 Å². The Bertz CT molecular complexity index is 4380. The summed E-state index contributed by atoms with van der Waals surface area (Å²) in [7, 11) is -25.7. The fourth-order valence-electron chi connectivity index (χ4n) is 11.4. The monoisotopic (exact) mass is 1540 g/mol. The molecule has 3 aliphatic rings. The standard InChI is InChI=1S/C59H79N14O25P3S2/c1-6-71-33-49(103(88,89)90)59(4,5)47(71)18-9-7-10-19-48-58(2,3)43-30-42(102(85,86)87)21-22-44(43)72(48)26-12-8-11-20-50(74)63-24-25-64-56(76)39-15-13-17-41(29-39)93-36-52(68-70-61)92-28-27-91-35-51(75)62-23-14-16-40-32-73(55-54(40)57(77)66-37-65-55)53-31-45(94-38-67-69-60)46(96-53)34-95-100(81,82)98-101(83,84)97-99(78,79)80/h7,9-10,13,15,17-19,21-22,29-30,32,37,45-46,49,52-53H,6,8,11-12,20,23-28,31,33-36,38H2,1-5H3,(H11-,62,63,64,65,66,74,75,76,77,78,79,80,81,82,83,84,85,86,87,88,89,90). The number of carbonyl (C=O) groups excluding carboxylic acids is 3. The van der Waals surface area contributed by atoms with Crippen molar-refractivity contribution in [3.8, 4) is 17.6 Å². The first-order chi connectivity index (χ1) is 48.5. The van der Waals surface area contributed by atoms with Gasteiger partial charge in [-0.2, -0.15) is 8.62 Å². The molecule has 11 N–H and O–H groups in total. The molecule has 0 spiro atoms. The Balaban J connectivity index is 0.806. The first kappa shape index (κ1) is 82.6. The van der Waals surface area contributed by atoms with Gasteiger partial charge in [-0.3, -0.25) is 23.7 Å². The first-order valence-corrected chi connectivity index (χ1v) is 38.9. The van der Waals surface area contributed by atoms with Crippen LogP contribution in [0.1, 0.15) is 94.4 Å². The summed E-state index contributed by atoms with van der Waals surface area (Å²) in [6.45, 7) is 8.00. The first-order valence-electron chi connectivity index (χ1n) is 31.4. The van der Waals surface area contributed by atoms with Crippen LogP contribution < -0.4 is 31.1 Å². The van der Waals surface area contributed by atoms with Gasteiger partial charge in [0.15, 0.2) is 24.1 Å². The molecule has 7 unspecified atom stereocenters. The summed E-state index contributed by atoms with van der Waals surface area (Å²) >= 11 is 0. The number of rotatable bonds is 38. The predicted octanol–water partition coefficient (Wildman–Crippen LogP) is 6.43. The Morgan fingerprint density at radius 3 is 2.43 bits per heavy atom. The number of benzene rings is 2. The lowest BCUT2D eigenvalue weighted by Crippen LogP contribution is -2.38. The molecule has 1 fully saturated rings. The van der Waals surface area contributed by atoms with Crippen molar-refractivity contribution in [2.45, 2.75) is 107 Å². The van der Waals surface area contributed by atoms with Crippen LogP contribution in [0.25, 0.3) is 31.9 Å². The highest BCUT2D eigenvalue weighted by Crippen LogP contribution is 2.66. The number of phosphoric acid groups is 3. The number of ether oxygens (including phenoxy) is 5. The Morgan fingerprint density at radius 1 is 0.961 bits per heavy atom. The molecule has 2 aromatic heterocycles. The summed E-state index contributed by atoms with van der Waals surface area (Å²) in [6, 6.07) is 10.9. The van der Waals surface area contributed by atoms with E-state index in [2.05, 4.69) is 71.3 Å². The van der Waals surface area contributed by atoms with Crippen LogP contribution >= 0.6 is 34.3 Å². The van der Waals surface area contributed by atoms with Gasteiger partial charge < -0.3 is 91.9 Å². The van der Waals surface area contributed by atoms with Crippen LogP contribution in [0.5, 0.6) is 5.75 Å². The number of hydrogen-bond acceptors (Lipinski definition) is 25. The van der Waals surface area contributed by atoms with E-state index in [-0.39, 0.29) is 97.6 Å². The van der Waals surface area contributed by atoms with Gasteiger partial charge in [0.25, 0.3) is 11.5 Å². The molecule has 39 nitrogen and oxygen atoms in total. The van der Waals surface area contributed by atoms with E-state index in [9.17, 15) is 74.8 Å². The number of azide groups is 2. The summed E-state index contributed by atoms with van der Waals surface area (Å²) in [4.78, 5) is 103. The number of amides is 3. The molecule has 2 aromatic carbocycles. The number of carbonyl (C=O) groups is 3. The van der Waals surface area contributed by atoms with Crippen molar-refractivity contribution < 1.29 is 116 Å². The zero-order chi connectivity index (χ0) is 75.6. The Hall–Kier alpha value is -7.67. The molecule has 44 heteroatoms.